The van der Waals surface area contributed by atoms with Crippen LogP contribution in [0.3, 0.4) is 0 Å². The third kappa shape index (κ3) is 4.66. The van der Waals surface area contributed by atoms with Crippen molar-refractivity contribution in [3.63, 3.8) is 0 Å². The van der Waals surface area contributed by atoms with Gasteiger partial charge in [0.1, 0.15) is 0 Å². The predicted octanol–water partition coefficient (Wildman–Crippen LogP) is 5.64. The molecule has 2 aromatic rings. The molecule has 0 saturated carbocycles. The molecule has 0 aromatic heterocycles. The lowest BCUT2D eigenvalue weighted by Crippen LogP contribution is -2.05. The first-order valence-electron chi connectivity index (χ1n) is 8.09. The molecule has 1 aliphatic rings. The van der Waals surface area contributed by atoms with E-state index >= 15 is 0 Å². The van der Waals surface area contributed by atoms with E-state index in [1.807, 2.05) is 45.9 Å². The highest BCUT2D eigenvalue weighted by Crippen LogP contribution is 2.16. The van der Waals surface area contributed by atoms with Crippen LogP contribution in [0, 0.1) is 6.92 Å². The minimum absolute atomic E-state index is 0.813. The van der Waals surface area contributed by atoms with E-state index in [9.17, 15) is 0 Å². The van der Waals surface area contributed by atoms with E-state index in [4.69, 9.17) is 0 Å². The van der Waals surface area contributed by atoms with Gasteiger partial charge in [0.15, 0.2) is 0 Å². The van der Waals surface area contributed by atoms with Crippen LogP contribution in [0.15, 0.2) is 64.8 Å². The molecule has 116 valence electrons. The van der Waals surface area contributed by atoms with Crippen molar-refractivity contribution in [2.24, 2.45) is 10.2 Å². The molecule has 0 atom stereocenters. The second kappa shape index (κ2) is 9.67. The summed E-state index contributed by atoms with van der Waals surface area (Å²) in [5.74, 6) is 0. The van der Waals surface area contributed by atoms with Crippen LogP contribution in [0.4, 0.5) is 0 Å². The minimum atomic E-state index is 0.813. The van der Waals surface area contributed by atoms with Gasteiger partial charge in [-0.1, -0.05) is 87.9 Å². The molecule has 0 amide bonds. The van der Waals surface area contributed by atoms with E-state index in [0.717, 1.165) is 29.0 Å². The van der Waals surface area contributed by atoms with Gasteiger partial charge in [-0.25, -0.2) is 0 Å². The Morgan fingerprint density at radius 2 is 1.09 bits per heavy atom. The molecule has 0 N–H and O–H groups in total. The van der Waals surface area contributed by atoms with E-state index < -0.39 is 0 Å². The molecule has 0 fully saturated rings. The summed E-state index contributed by atoms with van der Waals surface area (Å²) in [4.78, 5) is 0. The number of nitrogens with zero attached hydrogens (tertiary/aromatic N) is 2. The summed E-state index contributed by atoms with van der Waals surface area (Å²) in [5, 5.41) is 8.59. The molecule has 2 aromatic carbocycles. The average molecular weight is 294 g/mol. The van der Waals surface area contributed by atoms with Crippen molar-refractivity contribution in [2.75, 3.05) is 0 Å². The molecule has 1 aliphatic heterocycles. The van der Waals surface area contributed by atoms with Crippen LogP contribution in [-0.4, -0.2) is 11.4 Å². The van der Waals surface area contributed by atoms with E-state index in [-0.39, 0.29) is 0 Å². The normalized spacial score (nSPS) is 12.2. The maximum Gasteiger partial charge on any atom is 0.0763 e. The van der Waals surface area contributed by atoms with Crippen molar-refractivity contribution in [1.29, 1.82) is 0 Å². The molecular formula is C20H26N2. The molecule has 22 heavy (non-hydrogen) atoms. The van der Waals surface area contributed by atoms with Crippen LogP contribution in [0.5, 0.6) is 0 Å². The second-order valence-corrected chi connectivity index (χ2v) is 4.50. The minimum Gasteiger partial charge on any atom is -0.154 e. The standard InChI is InChI=1S/C16H14N2.2C2H6/c1-12-7-9-14(10-8-12)16-11-15(17-18-16)13-5-3-2-4-6-13;2*1-2/h2-10H,11H2,1H3;2*1-2H3. The Labute approximate surface area is 134 Å². The van der Waals surface area contributed by atoms with E-state index in [1.165, 1.54) is 5.56 Å². The quantitative estimate of drug-likeness (QED) is 0.684. The van der Waals surface area contributed by atoms with Gasteiger partial charge in [-0.15, -0.1) is 0 Å². The first kappa shape index (κ1) is 17.8. The van der Waals surface area contributed by atoms with E-state index in [2.05, 4.69) is 53.5 Å². The largest absolute Gasteiger partial charge is 0.154 e. The van der Waals surface area contributed by atoms with Crippen LogP contribution in [0.1, 0.15) is 50.8 Å². The van der Waals surface area contributed by atoms with E-state index in [0.29, 0.717) is 0 Å². The van der Waals surface area contributed by atoms with Crippen LogP contribution < -0.4 is 0 Å². The van der Waals surface area contributed by atoms with Gasteiger partial charge in [0.05, 0.1) is 11.4 Å². The molecule has 0 spiro atoms. The second-order valence-electron chi connectivity index (χ2n) is 4.50. The highest BCUT2D eigenvalue weighted by Gasteiger charge is 2.15. The maximum absolute atomic E-state index is 4.30. The summed E-state index contributed by atoms with van der Waals surface area (Å²) in [6, 6.07) is 18.7. The molecule has 0 radical (unpaired) electrons. The fourth-order valence-electron chi connectivity index (χ4n) is 2.05. The van der Waals surface area contributed by atoms with Gasteiger partial charge < -0.3 is 0 Å². The Hall–Kier alpha value is -2.22. The Bertz CT molecular complexity index is 608. The van der Waals surface area contributed by atoms with Crippen molar-refractivity contribution in [2.45, 2.75) is 41.0 Å². The maximum atomic E-state index is 4.30. The van der Waals surface area contributed by atoms with E-state index in [1.54, 1.807) is 0 Å². The van der Waals surface area contributed by atoms with Crippen molar-refractivity contribution in [1.82, 2.24) is 0 Å². The monoisotopic (exact) mass is 294 g/mol. The molecule has 2 nitrogen and oxygen atoms in total. The fourth-order valence-corrected chi connectivity index (χ4v) is 2.05. The average Bonchev–Trinajstić information content (AvgIpc) is 3.10. The lowest BCUT2D eigenvalue weighted by atomic mass is 10.0. The summed E-state index contributed by atoms with van der Waals surface area (Å²) < 4.78 is 0. The van der Waals surface area contributed by atoms with Crippen LogP contribution in [0.25, 0.3) is 0 Å². The highest BCUT2D eigenvalue weighted by atomic mass is 15.2. The summed E-state index contributed by atoms with van der Waals surface area (Å²) in [5.41, 5.74) is 5.68. The van der Waals surface area contributed by atoms with Gasteiger partial charge in [-0.2, -0.15) is 10.2 Å². The Morgan fingerprint density at radius 1 is 0.636 bits per heavy atom. The number of hydrogen-bond donors (Lipinski definition) is 0. The van der Waals surface area contributed by atoms with Crippen molar-refractivity contribution in [3.05, 3.63) is 71.3 Å². The Morgan fingerprint density at radius 3 is 1.59 bits per heavy atom. The zero-order valence-electron chi connectivity index (χ0n) is 14.3. The SMILES string of the molecule is CC.CC.Cc1ccc(C2=NN=C(c3ccccc3)C2)cc1. The van der Waals surface area contributed by atoms with Gasteiger partial charge in [-0.3, -0.25) is 0 Å². The first-order valence-corrected chi connectivity index (χ1v) is 8.09. The lowest BCUT2D eigenvalue weighted by molar-refractivity contribution is 1.26. The summed E-state index contributed by atoms with van der Waals surface area (Å²) in [6.45, 7) is 10.1. The third-order valence-electron chi connectivity index (χ3n) is 3.12. The molecule has 1 heterocycles. The molecular weight excluding hydrogens is 268 g/mol. The van der Waals surface area contributed by atoms with Crippen LogP contribution >= 0.6 is 0 Å². The number of hydrogen-bond acceptors (Lipinski definition) is 2. The fraction of sp³-hybridized carbons (Fsp3) is 0.300. The Balaban J connectivity index is 0.000000561. The summed E-state index contributed by atoms with van der Waals surface area (Å²) in [7, 11) is 0. The molecule has 0 saturated heterocycles. The topological polar surface area (TPSA) is 24.7 Å². The van der Waals surface area contributed by atoms with Crippen LogP contribution in [-0.2, 0) is 0 Å². The van der Waals surface area contributed by atoms with Gasteiger partial charge >= 0.3 is 0 Å². The molecule has 2 heteroatoms. The zero-order chi connectivity index (χ0) is 16.4. The molecule has 0 unspecified atom stereocenters. The molecule has 3 rings (SSSR count). The number of rotatable bonds is 2. The molecule has 0 aliphatic carbocycles. The van der Waals surface area contributed by atoms with Crippen molar-refractivity contribution in [3.8, 4) is 0 Å². The Kier molecular flexibility index (Phi) is 7.84. The smallest absolute Gasteiger partial charge is 0.0763 e. The lowest BCUT2D eigenvalue weighted by Gasteiger charge is -2.02. The number of aryl methyl sites for hydroxylation is 1. The van der Waals surface area contributed by atoms with Gasteiger partial charge in [0.2, 0.25) is 0 Å². The van der Waals surface area contributed by atoms with Gasteiger partial charge in [0.25, 0.3) is 0 Å². The third-order valence-corrected chi connectivity index (χ3v) is 3.12. The first-order chi connectivity index (χ1) is 10.8. The van der Waals surface area contributed by atoms with Crippen LogP contribution in [0.2, 0.25) is 0 Å². The van der Waals surface area contributed by atoms with Crippen molar-refractivity contribution < 1.29 is 0 Å². The number of benzene rings is 2. The van der Waals surface area contributed by atoms with Gasteiger partial charge in [-0.05, 0) is 18.1 Å². The predicted molar refractivity (Wildman–Crippen MR) is 98.0 cm³/mol. The summed E-state index contributed by atoms with van der Waals surface area (Å²) >= 11 is 0. The zero-order valence-corrected chi connectivity index (χ0v) is 14.3. The highest BCUT2D eigenvalue weighted by molar-refractivity contribution is 6.20. The summed E-state index contributed by atoms with van der Waals surface area (Å²) in [6.07, 6.45) is 0.813. The van der Waals surface area contributed by atoms with Crippen molar-refractivity contribution >= 4 is 11.4 Å². The molecule has 0 bridgehead atoms. The van der Waals surface area contributed by atoms with Gasteiger partial charge in [0, 0.05) is 6.42 Å².